The molecule has 3 aromatic rings. The van der Waals surface area contributed by atoms with Crippen LogP contribution in [-0.2, 0) is 49.4 Å². The van der Waals surface area contributed by atoms with Crippen LogP contribution in [0.15, 0.2) is 18.2 Å². The van der Waals surface area contributed by atoms with Crippen molar-refractivity contribution in [2.75, 3.05) is 54.9 Å². The Labute approximate surface area is 257 Å². The first-order valence-corrected chi connectivity index (χ1v) is 14.8. The smallest absolute Gasteiger partial charge is 0.308 e. The Morgan fingerprint density at radius 1 is 0.614 bits per heavy atom. The molecule has 0 spiro atoms. The van der Waals surface area contributed by atoms with Crippen molar-refractivity contribution in [3.05, 3.63) is 63.2 Å². The van der Waals surface area contributed by atoms with Gasteiger partial charge in [-0.05, 0) is 55.7 Å². The zero-order chi connectivity index (χ0) is 31.1. The Morgan fingerprint density at radius 2 is 1.02 bits per heavy atom. The lowest BCUT2D eigenvalue weighted by atomic mass is 10.1. The Kier molecular flexibility index (Phi) is 10.4. The zero-order valence-corrected chi connectivity index (χ0v) is 26.0. The summed E-state index contributed by atoms with van der Waals surface area (Å²) in [5, 5.41) is 0. The highest BCUT2D eigenvalue weighted by molar-refractivity contribution is 5.86. The summed E-state index contributed by atoms with van der Waals surface area (Å²) in [6.07, 6.45) is 10.6. The van der Waals surface area contributed by atoms with Crippen LogP contribution in [0.4, 0.5) is 0 Å². The molecule has 232 valence electrons. The first kappa shape index (κ1) is 31.3. The standard InChI is InChI=1S/C34H40N4O6/c1-21(39)44-33-20-32-24(14-18-42-4)30-9-8-28(36-30)22(12-16-40-2)26-6-7-27(35-26)23(13-17-41-3)29-10-11-31(37-29)25(15-19-43-5)34(33)38-32/h6-11,20,35,38H,12-19H2,1-5H3. The number of H-pyrrole nitrogens is 2. The van der Waals surface area contributed by atoms with Crippen LogP contribution in [0.25, 0.3) is 46.4 Å². The number of esters is 1. The lowest BCUT2D eigenvalue weighted by Gasteiger charge is -2.06. The van der Waals surface area contributed by atoms with Crippen LogP contribution in [0.2, 0.25) is 0 Å². The van der Waals surface area contributed by atoms with Crippen molar-refractivity contribution in [2.24, 2.45) is 0 Å². The predicted octanol–water partition coefficient (Wildman–Crippen LogP) is 5.34. The number of rotatable bonds is 13. The second-order valence-electron chi connectivity index (χ2n) is 10.6. The number of nitrogens with zero attached hydrogens (tertiary/aromatic N) is 2. The quantitative estimate of drug-likeness (QED) is 0.174. The number of methoxy groups -OCH3 is 4. The molecule has 8 bridgehead atoms. The zero-order valence-electron chi connectivity index (χ0n) is 26.0. The van der Waals surface area contributed by atoms with Crippen molar-refractivity contribution in [1.29, 1.82) is 0 Å². The minimum Gasteiger partial charge on any atom is -0.424 e. The van der Waals surface area contributed by atoms with Crippen molar-refractivity contribution < 1.29 is 28.5 Å². The molecule has 2 aliphatic heterocycles. The second kappa shape index (κ2) is 14.6. The average Bonchev–Trinajstić information content (AvgIpc) is 3.83. The van der Waals surface area contributed by atoms with Crippen LogP contribution in [-0.4, -0.2) is 80.8 Å². The van der Waals surface area contributed by atoms with E-state index in [4.69, 9.17) is 33.7 Å². The third kappa shape index (κ3) is 6.84. The van der Waals surface area contributed by atoms with Gasteiger partial charge in [0, 0.05) is 86.7 Å². The number of carbonyl (C=O) groups excluding carboxylic acids is 1. The van der Waals surface area contributed by atoms with Crippen LogP contribution in [0, 0.1) is 0 Å². The molecule has 44 heavy (non-hydrogen) atoms. The molecule has 0 unspecified atom stereocenters. The molecule has 0 saturated carbocycles. The van der Waals surface area contributed by atoms with E-state index in [0.29, 0.717) is 63.4 Å². The molecule has 0 radical (unpaired) electrons. The molecule has 2 N–H and O–H groups in total. The van der Waals surface area contributed by atoms with Crippen molar-refractivity contribution >= 4 is 52.3 Å². The fourth-order valence-electron chi connectivity index (χ4n) is 5.60. The third-order valence-electron chi connectivity index (χ3n) is 7.74. The summed E-state index contributed by atoms with van der Waals surface area (Å²) < 4.78 is 27.7. The molecule has 0 atom stereocenters. The van der Waals surface area contributed by atoms with E-state index in [0.717, 1.165) is 61.6 Å². The van der Waals surface area contributed by atoms with Gasteiger partial charge in [0.1, 0.15) is 0 Å². The summed E-state index contributed by atoms with van der Waals surface area (Å²) in [4.78, 5) is 29.7. The molecule has 3 aromatic heterocycles. The van der Waals surface area contributed by atoms with E-state index < -0.39 is 5.97 Å². The highest BCUT2D eigenvalue weighted by atomic mass is 16.5. The normalized spacial score (nSPS) is 12.3. The number of fused-ring (bicyclic) bond motifs is 8. The highest BCUT2D eigenvalue weighted by Gasteiger charge is 2.19. The Morgan fingerprint density at radius 3 is 1.45 bits per heavy atom. The van der Waals surface area contributed by atoms with E-state index in [1.165, 1.54) is 6.92 Å². The summed E-state index contributed by atoms with van der Waals surface area (Å²) in [6, 6.07) is 6.05. The maximum Gasteiger partial charge on any atom is 0.308 e. The molecular formula is C34H40N4O6. The number of hydrogen-bond donors (Lipinski definition) is 2. The van der Waals surface area contributed by atoms with Crippen LogP contribution < -0.4 is 4.74 Å². The van der Waals surface area contributed by atoms with Crippen molar-refractivity contribution in [3.8, 4) is 5.75 Å². The number of hydrogen-bond acceptors (Lipinski definition) is 8. The van der Waals surface area contributed by atoms with Gasteiger partial charge in [-0.15, -0.1) is 0 Å². The van der Waals surface area contributed by atoms with Gasteiger partial charge in [0.05, 0.1) is 54.7 Å². The molecule has 10 heteroatoms. The fraction of sp³-hybridized carbons (Fsp3) is 0.382. The molecule has 0 saturated heterocycles. The molecule has 0 aliphatic carbocycles. The van der Waals surface area contributed by atoms with Crippen LogP contribution in [0.3, 0.4) is 0 Å². The fourth-order valence-corrected chi connectivity index (χ4v) is 5.60. The molecule has 0 fully saturated rings. The minimum absolute atomic E-state index is 0.410. The lowest BCUT2D eigenvalue weighted by Crippen LogP contribution is -2.03. The largest absolute Gasteiger partial charge is 0.424 e. The van der Waals surface area contributed by atoms with Crippen molar-refractivity contribution in [2.45, 2.75) is 32.6 Å². The number of carbonyl (C=O) groups is 1. The van der Waals surface area contributed by atoms with Crippen LogP contribution in [0.5, 0.6) is 5.75 Å². The maximum absolute atomic E-state index is 12.3. The average molecular weight is 601 g/mol. The first-order valence-electron chi connectivity index (χ1n) is 14.8. The van der Waals surface area contributed by atoms with Gasteiger partial charge < -0.3 is 33.7 Å². The number of ether oxygens (including phenoxy) is 5. The van der Waals surface area contributed by atoms with Gasteiger partial charge in [-0.3, -0.25) is 4.79 Å². The number of aromatic nitrogens is 4. The lowest BCUT2D eigenvalue weighted by molar-refractivity contribution is -0.131. The monoisotopic (exact) mass is 600 g/mol. The van der Waals surface area contributed by atoms with Crippen LogP contribution in [0.1, 0.15) is 52.0 Å². The molecule has 5 rings (SSSR count). The minimum atomic E-state index is -0.410. The van der Waals surface area contributed by atoms with Gasteiger partial charge in [0.25, 0.3) is 0 Å². The van der Waals surface area contributed by atoms with E-state index in [2.05, 4.69) is 22.1 Å². The number of aromatic amines is 2. The molecule has 2 aliphatic rings. The Hall–Kier alpha value is -4.09. The second-order valence-corrected chi connectivity index (χ2v) is 10.6. The van der Waals surface area contributed by atoms with E-state index in [1.54, 1.807) is 28.4 Å². The van der Waals surface area contributed by atoms with E-state index in [-0.39, 0.29) is 0 Å². The summed E-state index contributed by atoms with van der Waals surface area (Å²) in [5.41, 5.74) is 10.6. The van der Waals surface area contributed by atoms with Gasteiger partial charge in [-0.2, -0.15) is 0 Å². The van der Waals surface area contributed by atoms with Crippen LogP contribution >= 0.6 is 0 Å². The highest BCUT2D eigenvalue weighted by Crippen LogP contribution is 2.32. The van der Waals surface area contributed by atoms with Gasteiger partial charge in [0.15, 0.2) is 5.75 Å². The van der Waals surface area contributed by atoms with Crippen molar-refractivity contribution in [3.63, 3.8) is 0 Å². The summed E-state index contributed by atoms with van der Waals surface area (Å²) >= 11 is 0. The first-order chi connectivity index (χ1) is 21.5. The molecular weight excluding hydrogens is 560 g/mol. The van der Waals surface area contributed by atoms with E-state index >= 15 is 0 Å². The van der Waals surface area contributed by atoms with E-state index in [1.807, 2.05) is 30.4 Å². The van der Waals surface area contributed by atoms with Gasteiger partial charge in [0.2, 0.25) is 0 Å². The van der Waals surface area contributed by atoms with Gasteiger partial charge in [-0.25, -0.2) is 9.97 Å². The van der Waals surface area contributed by atoms with Gasteiger partial charge >= 0.3 is 5.97 Å². The summed E-state index contributed by atoms with van der Waals surface area (Å²) in [6.45, 7) is 3.44. The maximum atomic E-state index is 12.3. The molecule has 10 nitrogen and oxygen atoms in total. The topological polar surface area (TPSA) is 121 Å². The summed E-state index contributed by atoms with van der Waals surface area (Å²) in [7, 11) is 6.74. The summed E-state index contributed by atoms with van der Waals surface area (Å²) in [5.74, 6) is 0.0191. The van der Waals surface area contributed by atoms with Crippen molar-refractivity contribution in [1.82, 2.24) is 19.9 Å². The number of nitrogens with one attached hydrogen (secondary N) is 2. The molecule has 0 amide bonds. The van der Waals surface area contributed by atoms with E-state index in [9.17, 15) is 4.79 Å². The van der Waals surface area contributed by atoms with Gasteiger partial charge in [-0.1, -0.05) is 0 Å². The molecule has 5 heterocycles. The third-order valence-corrected chi connectivity index (χ3v) is 7.74. The Bertz CT molecular complexity index is 1730. The molecule has 0 aromatic carbocycles. The predicted molar refractivity (Wildman–Crippen MR) is 172 cm³/mol. The SMILES string of the molecule is COCCc1c2nc(c(CCOC)c3cc(OC(C)=O)c([nH]3)c(CCOC)c3nc(c(CCOC)c4ccc1[nH]4)C=C3)C=C2. The Balaban J connectivity index is 1.95.